The number of hydrogen-bond donors (Lipinski definition) is 1. The molecule has 1 saturated carbocycles. The van der Waals surface area contributed by atoms with E-state index in [1.54, 1.807) is 18.6 Å². The zero-order valence-corrected chi connectivity index (χ0v) is 19.6. The SMILES string of the molecule is CN1CCN(C(NC(=O)C2CCCCC2)c2cc3cc(-c4cncc(F)c4)cnc3cn2)CC1. The average molecular weight is 463 g/mol. The summed E-state index contributed by atoms with van der Waals surface area (Å²) in [5, 5.41) is 4.23. The highest BCUT2D eigenvalue weighted by Gasteiger charge is 2.30. The molecular weight excluding hydrogens is 431 g/mol. The van der Waals surface area contributed by atoms with Crippen molar-refractivity contribution in [2.24, 2.45) is 5.92 Å². The third-order valence-corrected chi connectivity index (χ3v) is 7.07. The van der Waals surface area contributed by atoms with Gasteiger partial charge in [-0.1, -0.05) is 19.3 Å². The summed E-state index contributed by atoms with van der Waals surface area (Å²) in [5.74, 6) is -0.172. The first-order valence-corrected chi connectivity index (χ1v) is 12.2. The van der Waals surface area contributed by atoms with Crippen LogP contribution >= 0.6 is 0 Å². The van der Waals surface area contributed by atoms with Gasteiger partial charge in [-0.15, -0.1) is 0 Å². The number of likely N-dealkylation sites (N-methyl/N-ethyl adjacent to an activating group) is 1. The molecule has 8 heteroatoms. The first-order chi connectivity index (χ1) is 16.6. The molecule has 2 aliphatic rings. The van der Waals surface area contributed by atoms with Crippen LogP contribution in [0.5, 0.6) is 0 Å². The molecule has 1 amide bonds. The number of fused-ring (bicyclic) bond motifs is 1. The highest BCUT2D eigenvalue weighted by molar-refractivity contribution is 5.83. The van der Waals surface area contributed by atoms with Crippen LogP contribution in [0.4, 0.5) is 4.39 Å². The Hall–Kier alpha value is -2.97. The third kappa shape index (κ3) is 5.08. The van der Waals surface area contributed by atoms with Gasteiger partial charge in [0, 0.05) is 61.0 Å². The van der Waals surface area contributed by atoms with Crippen LogP contribution in [-0.4, -0.2) is 63.9 Å². The zero-order chi connectivity index (χ0) is 23.5. The van der Waals surface area contributed by atoms with Crippen molar-refractivity contribution >= 4 is 16.8 Å². The van der Waals surface area contributed by atoms with Crippen LogP contribution in [0.15, 0.2) is 43.0 Å². The highest BCUT2D eigenvalue weighted by Crippen LogP contribution is 2.28. The molecule has 178 valence electrons. The summed E-state index contributed by atoms with van der Waals surface area (Å²) in [5.41, 5.74) is 3.03. The smallest absolute Gasteiger partial charge is 0.224 e. The molecule has 0 aromatic carbocycles. The van der Waals surface area contributed by atoms with Crippen molar-refractivity contribution in [3.05, 3.63) is 54.5 Å². The molecular formula is C26H31FN6O. The van der Waals surface area contributed by atoms with Crippen molar-refractivity contribution in [1.82, 2.24) is 30.1 Å². The fourth-order valence-corrected chi connectivity index (χ4v) is 4.98. The van der Waals surface area contributed by atoms with E-state index in [1.165, 1.54) is 18.7 Å². The van der Waals surface area contributed by atoms with Gasteiger partial charge in [0.05, 0.1) is 23.6 Å². The Morgan fingerprint density at radius 2 is 1.74 bits per heavy atom. The Morgan fingerprint density at radius 1 is 0.971 bits per heavy atom. The molecule has 0 radical (unpaired) electrons. The maximum absolute atomic E-state index is 13.7. The predicted molar refractivity (Wildman–Crippen MR) is 129 cm³/mol. The van der Waals surface area contributed by atoms with E-state index in [0.717, 1.165) is 74.0 Å². The molecule has 1 aliphatic heterocycles. The van der Waals surface area contributed by atoms with Crippen LogP contribution in [0, 0.1) is 11.7 Å². The number of amides is 1. The molecule has 4 heterocycles. The quantitative estimate of drug-likeness (QED) is 0.622. The van der Waals surface area contributed by atoms with E-state index in [0.29, 0.717) is 5.56 Å². The number of hydrogen-bond acceptors (Lipinski definition) is 6. The van der Waals surface area contributed by atoms with E-state index in [4.69, 9.17) is 4.98 Å². The topological polar surface area (TPSA) is 74.2 Å². The van der Waals surface area contributed by atoms with Gasteiger partial charge >= 0.3 is 0 Å². The summed E-state index contributed by atoms with van der Waals surface area (Å²) in [7, 11) is 2.12. The van der Waals surface area contributed by atoms with Crippen LogP contribution in [0.25, 0.3) is 22.0 Å². The Bertz CT molecular complexity index is 1160. The van der Waals surface area contributed by atoms with Gasteiger partial charge in [-0.3, -0.25) is 24.6 Å². The van der Waals surface area contributed by atoms with Crippen molar-refractivity contribution in [2.45, 2.75) is 38.3 Å². The van der Waals surface area contributed by atoms with E-state index in [1.807, 2.05) is 12.1 Å². The van der Waals surface area contributed by atoms with Gasteiger partial charge in [0.25, 0.3) is 0 Å². The monoisotopic (exact) mass is 462 g/mol. The van der Waals surface area contributed by atoms with Gasteiger partial charge in [-0.2, -0.15) is 0 Å². The molecule has 2 fully saturated rings. The summed E-state index contributed by atoms with van der Waals surface area (Å²) < 4.78 is 13.7. The summed E-state index contributed by atoms with van der Waals surface area (Å²) >= 11 is 0. The molecule has 7 nitrogen and oxygen atoms in total. The van der Waals surface area contributed by atoms with Crippen LogP contribution < -0.4 is 5.32 Å². The molecule has 0 bridgehead atoms. The first kappa shape index (κ1) is 22.8. The molecule has 0 spiro atoms. The molecule has 3 aromatic rings. The fourth-order valence-electron chi connectivity index (χ4n) is 4.98. The Morgan fingerprint density at radius 3 is 2.50 bits per heavy atom. The van der Waals surface area contributed by atoms with Gasteiger partial charge < -0.3 is 10.2 Å². The van der Waals surface area contributed by atoms with Crippen LogP contribution in [0.2, 0.25) is 0 Å². The molecule has 1 N–H and O–H groups in total. The van der Waals surface area contributed by atoms with Gasteiger partial charge in [0.15, 0.2) is 0 Å². The van der Waals surface area contributed by atoms with Crippen molar-refractivity contribution < 1.29 is 9.18 Å². The number of nitrogens with one attached hydrogen (secondary N) is 1. The molecule has 1 saturated heterocycles. The fraction of sp³-hybridized carbons (Fsp3) is 0.462. The molecule has 1 aliphatic carbocycles. The van der Waals surface area contributed by atoms with Crippen molar-refractivity contribution in [2.75, 3.05) is 33.2 Å². The Balaban J connectivity index is 1.46. The lowest BCUT2D eigenvalue weighted by Crippen LogP contribution is -2.51. The van der Waals surface area contributed by atoms with Crippen LogP contribution in [0.1, 0.15) is 44.0 Å². The molecule has 34 heavy (non-hydrogen) atoms. The minimum absolute atomic E-state index is 0.0814. The van der Waals surface area contributed by atoms with E-state index >= 15 is 0 Å². The minimum atomic E-state index is -0.381. The number of aromatic nitrogens is 3. The lowest BCUT2D eigenvalue weighted by Gasteiger charge is -2.38. The average Bonchev–Trinajstić information content (AvgIpc) is 2.87. The van der Waals surface area contributed by atoms with Crippen molar-refractivity contribution in [1.29, 1.82) is 0 Å². The largest absolute Gasteiger partial charge is 0.335 e. The number of carbonyl (C=O) groups excluding carboxylic acids is 1. The van der Waals surface area contributed by atoms with E-state index in [9.17, 15) is 9.18 Å². The standard InChI is InChI=1S/C26H31FN6O/c1-32-7-9-33(10-8-32)25(31-26(34)18-5-3-2-4-6-18)23-13-19-11-20(15-29-24(19)17-30-23)21-12-22(27)16-28-14-21/h11-18,25H,2-10H2,1H3,(H,31,34). The van der Waals surface area contributed by atoms with Gasteiger partial charge in [-0.25, -0.2) is 4.39 Å². The summed E-state index contributed by atoms with van der Waals surface area (Å²) in [6, 6.07) is 5.44. The Kier molecular flexibility index (Phi) is 6.78. The maximum Gasteiger partial charge on any atom is 0.224 e. The second-order valence-corrected chi connectivity index (χ2v) is 9.50. The number of pyridine rings is 3. The van der Waals surface area contributed by atoms with E-state index in [-0.39, 0.29) is 23.8 Å². The highest BCUT2D eigenvalue weighted by atomic mass is 19.1. The summed E-state index contributed by atoms with van der Waals surface area (Å²) in [6.45, 7) is 3.61. The first-order valence-electron chi connectivity index (χ1n) is 12.2. The second kappa shape index (κ2) is 10.1. The number of halogens is 1. The van der Waals surface area contributed by atoms with Crippen molar-refractivity contribution in [3.8, 4) is 11.1 Å². The number of nitrogens with zero attached hydrogens (tertiary/aromatic N) is 5. The van der Waals surface area contributed by atoms with E-state index < -0.39 is 0 Å². The summed E-state index contributed by atoms with van der Waals surface area (Å²) in [6.07, 6.45) is 11.4. The third-order valence-electron chi connectivity index (χ3n) is 7.07. The minimum Gasteiger partial charge on any atom is -0.335 e. The Labute approximate surface area is 199 Å². The van der Waals surface area contributed by atoms with Gasteiger partial charge in [0.2, 0.25) is 5.91 Å². The predicted octanol–water partition coefficient (Wildman–Crippen LogP) is 3.77. The van der Waals surface area contributed by atoms with Gasteiger partial charge in [0.1, 0.15) is 12.0 Å². The van der Waals surface area contributed by atoms with Crippen LogP contribution in [-0.2, 0) is 4.79 Å². The number of rotatable bonds is 5. The lowest BCUT2D eigenvalue weighted by atomic mass is 9.88. The van der Waals surface area contributed by atoms with Crippen LogP contribution in [0.3, 0.4) is 0 Å². The molecule has 1 unspecified atom stereocenters. The lowest BCUT2D eigenvalue weighted by molar-refractivity contribution is -0.128. The van der Waals surface area contributed by atoms with E-state index in [2.05, 4.69) is 32.1 Å². The maximum atomic E-state index is 13.7. The molecule has 3 aromatic heterocycles. The summed E-state index contributed by atoms with van der Waals surface area (Å²) in [4.78, 5) is 31.0. The number of carbonyl (C=O) groups is 1. The zero-order valence-electron chi connectivity index (χ0n) is 19.6. The van der Waals surface area contributed by atoms with Gasteiger partial charge in [-0.05, 0) is 38.1 Å². The number of piperazine rings is 1. The second-order valence-electron chi connectivity index (χ2n) is 9.50. The normalized spacial score (nSPS) is 19.2. The molecule has 5 rings (SSSR count). The molecule has 1 atom stereocenters. The van der Waals surface area contributed by atoms with Crippen molar-refractivity contribution in [3.63, 3.8) is 0 Å².